The SMILES string of the molecule is CSc1ccc(-c2cccc(C3N=C(NC#N)Nc4nc(N)c(C#N)c(N)c43)c2)cc1. The molecule has 0 aliphatic carbocycles. The van der Waals surface area contributed by atoms with Crippen LogP contribution in [0.4, 0.5) is 17.3 Å². The standard InChI is InChI=1S/C22H18N8S/c1-31-15-7-5-12(6-8-15)13-3-2-4-14(9-13)19-17-18(25)16(10-23)20(26)29-21(17)30-22(28-19)27-11-24/h2-9,19H,1H3,(H6,25,26,27,28,29,30). The highest BCUT2D eigenvalue weighted by atomic mass is 32.2. The van der Waals surface area contributed by atoms with Crippen molar-refractivity contribution in [2.45, 2.75) is 10.9 Å². The third-order valence-corrected chi connectivity index (χ3v) is 5.73. The average molecular weight is 427 g/mol. The molecule has 4 rings (SSSR count). The van der Waals surface area contributed by atoms with Gasteiger partial charge in [-0.3, -0.25) is 5.32 Å². The lowest BCUT2D eigenvalue weighted by atomic mass is 9.93. The summed E-state index contributed by atoms with van der Waals surface area (Å²) >= 11 is 1.69. The van der Waals surface area contributed by atoms with E-state index in [1.165, 1.54) is 4.90 Å². The summed E-state index contributed by atoms with van der Waals surface area (Å²) in [7, 11) is 0. The van der Waals surface area contributed by atoms with E-state index in [4.69, 9.17) is 16.7 Å². The number of nitrogen functional groups attached to an aromatic ring is 2. The number of aromatic nitrogens is 1. The molecule has 0 bridgehead atoms. The molecular weight excluding hydrogens is 408 g/mol. The van der Waals surface area contributed by atoms with Crippen LogP contribution in [0.1, 0.15) is 22.7 Å². The molecule has 3 aromatic rings. The highest BCUT2D eigenvalue weighted by Crippen LogP contribution is 2.41. The molecule has 1 atom stereocenters. The second-order valence-electron chi connectivity index (χ2n) is 6.76. The van der Waals surface area contributed by atoms with Crippen molar-refractivity contribution in [3.63, 3.8) is 0 Å². The number of hydrogen-bond acceptors (Lipinski definition) is 9. The van der Waals surface area contributed by atoms with Crippen molar-refractivity contribution < 1.29 is 0 Å². The van der Waals surface area contributed by atoms with Gasteiger partial charge < -0.3 is 16.8 Å². The normalized spacial score (nSPS) is 14.4. The van der Waals surface area contributed by atoms with Gasteiger partial charge in [0.2, 0.25) is 5.96 Å². The number of nitrogens with one attached hydrogen (secondary N) is 2. The Kier molecular flexibility index (Phi) is 5.35. The zero-order valence-corrected chi connectivity index (χ0v) is 17.4. The van der Waals surface area contributed by atoms with E-state index in [0.29, 0.717) is 11.4 Å². The number of thioether (sulfide) groups is 1. The lowest BCUT2D eigenvalue weighted by Crippen LogP contribution is -2.32. The summed E-state index contributed by atoms with van der Waals surface area (Å²) in [4.78, 5) is 10.1. The van der Waals surface area contributed by atoms with Crippen molar-refractivity contribution in [3.05, 3.63) is 65.2 Å². The third kappa shape index (κ3) is 3.70. The van der Waals surface area contributed by atoms with Gasteiger partial charge in [0.15, 0.2) is 6.19 Å². The maximum Gasteiger partial charge on any atom is 0.211 e. The number of rotatable bonds is 3. The minimum atomic E-state index is -0.572. The molecule has 2 heterocycles. The van der Waals surface area contributed by atoms with Gasteiger partial charge in [0.25, 0.3) is 0 Å². The topological polar surface area (TPSA) is 149 Å². The van der Waals surface area contributed by atoms with Crippen LogP contribution in [-0.2, 0) is 0 Å². The van der Waals surface area contributed by atoms with Gasteiger partial charge in [0.1, 0.15) is 29.3 Å². The van der Waals surface area contributed by atoms with Crippen molar-refractivity contribution in [1.82, 2.24) is 10.3 Å². The van der Waals surface area contributed by atoms with Gasteiger partial charge in [0, 0.05) is 10.5 Å². The van der Waals surface area contributed by atoms with Crippen LogP contribution in [0.3, 0.4) is 0 Å². The predicted molar refractivity (Wildman–Crippen MR) is 123 cm³/mol. The molecular formula is C22H18N8S. The number of benzene rings is 2. The van der Waals surface area contributed by atoms with Crippen molar-refractivity contribution in [2.24, 2.45) is 4.99 Å². The maximum absolute atomic E-state index is 9.47. The van der Waals surface area contributed by atoms with Gasteiger partial charge in [-0.1, -0.05) is 30.3 Å². The van der Waals surface area contributed by atoms with Gasteiger partial charge in [0.05, 0.1) is 5.69 Å². The van der Waals surface area contributed by atoms with E-state index >= 15 is 0 Å². The van der Waals surface area contributed by atoms with Gasteiger partial charge in [-0.25, -0.2) is 9.98 Å². The molecule has 152 valence electrons. The number of nitrogens with zero attached hydrogens (tertiary/aromatic N) is 4. The minimum Gasteiger partial charge on any atom is -0.397 e. The van der Waals surface area contributed by atoms with Gasteiger partial charge >= 0.3 is 0 Å². The van der Waals surface area contributed by atoms with Crippen LogP contribution in [0, 0.1) is 22.8 Å². The number of anilines is 3. The highest BCUT2D eigenvalue weighted by molar-refractivity contribution is 7.98. The van der Waals surface area contributed by atoms with E-state index in [1.807, 2.05) is 42.8 Å². The molecule has 6 N–H and O–H groups in total. The van der Waals surface area contributed by atoms with E-state index in [1.54, 1.807) is 11.8 Å². The fourth-order valence-electron chi connectivity index (χ4n) is 3.49. The number of pyridine rings is 1. The third-order valence-electron chi connectivity index (χ3n) is 4.98. The van der Waals surface area contributed by atoms with Crippen molar-refractivity contribution in [2.75, 3.05) is 23.0 Å². The number of nitriles is 2. The summed E-state index contributed by atoms with van der Waals surface area (Å²) in [5, 5.41) is 23.9. The largest absolute Gasteiger partial charge is 0.397 e. The molecule has 1 aliphatic heterocycles. The first-order valence-electron chi connectivity index (χ1n) is 9.29. The molecule has 1 aromatic heterocycles. The first-order valence-corrected chi connectivity index (χ1v) is 10.5. The molecule has 0 spiro atoms. The Balaban J connectivity index is 1.85. The van der Waals surface area contributed by atoms with Crippen molar-refractivity contribution in [1.29, 1.82) is 10.5 Å². The summed E-state index contributed by atoms with van der Waals surface area (Å²) in [6, 6.07) is 17.6. The number of guanidine groups is 1. The summed E-state index contributed by atoms with van der Waals surface area (Å²) in [6.07, 6.45) is 3.89. The molecule has 0 amide bonds. The monoisotopic (exact) mass is 426 g/mol. The van der Waals surface area contributed by atoms with Crippen LogP contribution in [0.5, 0.6) is 0 Å². The van der Waals surface area contributed by atoms with Crippen molar-refractivity contribution >= 4 is 35.0 Å². The maximum atomic E-state index is 9.47. The van der Waals surface area contributed by atoms with Crippen LogP contribution >= 0.6 is 11.8 Å². The summed E-state index contributed by atoms with van der Waals surface area (Å²) in [6.45, 7) is 0. The fourth-order valence-corrected chi connectivity index (χ4v) is 3.90. The number of hydrogen-bond donors (Lipinski definition) is 4. The van der Waals surface area contributed by atoms with Crippen LogP contribution in [0.2, 0.25) is 0 Å². The molecule has 1 aliphatic rings. The smallest absolute Gasteiger partial charge is 0.211 e. The molecule has 0 radical (unpaired) electrons. The summed E-state index contributed by atoms with van der Waals surface area (Å²) < 4.78 is 0. The molecule has 0 saturated heterocycles. The van der Waals surface area contributed by atoms with Crippen molar-refractivity contribution in [3.8, 4) is 23.4 Å². The van der Waals surface area contributed by atoms with Crippen LogP contribution in [-0.4, -0.2) is 17.2 Å². The predicted octanol–water partition coefficient (Wildman–Crippen LogP) is 3.45. The van der Waals surface area contributed by atoms with Crippen LogP contribution < -0.4 is 22.1 Å². The molecule has 2 aromatic carbocycles. The van der Waals surface area contributed by atoms with E-state index in [0.717, 1.165) is 16.7 Å². The lowest BCUT2D eigenvalue weighted by molar-refractivity contribution is 0.847. The summed E-state index contributed by atoms with van der Waals surface area (Å²) in [5.41, 5.74) is 16.0. The first-order chi connectivity index (χ1) is 15.0. The highest BCUT2D eigenvalue weighted by Gasteiger charge is 2.29. The van der Waals surface area contributed by atoms with E-state index in [9.17, 15) is 5.26 Å². The molecule has 9 heteroatoms. The Hall–Kier alpha value is -4.21. The van der Waals surface area contributed by atoms with Gasteiger partial charge in [-0.05, 0) is 41.1 Å². The number of fused-ring (bicyclic) bond motifs is 1. The average Bonchev–Trinajstić information content (AvgIpc) is 2.79. The second kappa shape index (κ2) is 8.27. The van der Waals surface area contributed by atoms with Crippen LogP contribution in [0.15, 0.2) is 58.4 Å². The zero-order chi connectivity index (χ0) is 22.0. The Morgan fingerprint density at radius 3 is 2.55 bits per heavy atom. The lowest BCUT2D eigenvalue weighted by Gasteiger charge is -2.26. The molecule has 0 saturated carbocycles. The minimum absolute atomic E-state index is 0.0193. The quantitative estimate of drug-likeness (QED) is 0.283. The Bertz CT molecular complexity index is 1270. The zero-order valence-electron chi connectivity index (χ0n) is 16.5. The fraction of sp³-hybridized carbons (Fsp3) is 0.0909. The summed E-state index contributed by atoms with van der Waals surface area (Å²) in [5.74, 6) is 0.609. The number of aliphatic imine (C=N–C) groups is 1. The second-order valence-corrected chi connectivity index (χ2v) is 7.64. The number of nitrogens with two attached hydrogens (primary N) is 2. The van der Waals surface area contributed by atoms with Gasteiger partial charge in [-0.15, -0.1) is 11.8 Å². The van der Waals surface area contributed by atoms with Gasteiger partial charge in [-0.2, -0.15) is 10.5 Å². The Labute approximate surface area is 183 Å². The van der Waals surface area contributed by atoms with Crippen LogP contribution in [0.25, 0.3) is 11.1 Å². The van der Waals surface area contributed by atoms with E-state index in [2.05, 4.69) is 44.9 Å². The Morgan fingerprint density at radius 1 is 1.10 bits per heavy atom. The van der Waals surface area contributed by atoms with E-state index < -0.39 is 6.04 Å². The molecule has 0 fully saturated rings. The van der Waals surface area contributed by atoms with E-state index in [-0.39, 0.29) is 23.0 Å². The molecule has 8 nitrogen and oxygen atoms in total. The molecule has 31 heavy (non-hydrogen) atoms. The molecule has 1 unspecified atom stereocenters. The Morgan fingerprint density at radius 2 is 1.87 bits per heavy atom. The first kappa shape index (κ1) is 20.1.